The van der Waals surface area contributed by atoms with Gasteiger partial charge in [0.25, 0.3) is 0 Å². The van der Waals surface area contributed by atoms with Gasteiger partial charge in [0.1, 0.15) is 12.2 Å². The molecule has 0 amide bonds. The molecule has 150 valence electrons. The summed E-state index contributed by atoms with van der Waals surface area (Å²) in [4.78, 5) is 6.06. The molecule has 3 rings (SSSR count). The number of halogens is 1. The van der Waals surface area contributed by atoms with Crippen molar-refractivity contribution in [2.75, 3.05) is 7.05 Å². The maximum absolute atomic E-state index is 15.1. The summed E-state index contributed by atoms with van der Waals surface area (Å²) >= 11 is 0. The molecule has 28 heavy (non-hydrogen) atoms. The van der Waals surface area contributed by atoms with E-state index in [4.69, 9.17) is 5.84 Å². The van der Waals surface area contributed by atoms with E-state index in [1.807, 2.05) is 48.5 Å². The van der Waals surface area contributed by atoms with Gasteiger partial charge in [-0.1, -0.05) is 44.2 Å². The Kier molecular flexibility index (Phi) is 7.19. The van der Waals surface area contributed by atoms with E-state index in [-0.39, 0.29) is 5.83 Å². The summed E-state index contributed by atoms with van der Waals surface area (Å²) in [5.74, 6) is 5.87. The average Bonchev–Trinajstić information content (AvgIpc) is 3.24. The Labute approximate surface area is 165 Å². The molecular formula is C21H29FN6. The number of allylic oxidation sites excluding steroid dienone is 1. The van der Waals surface area contributed by atoms with Crippen molar-refractivity contribution in [1.82, 2.24) is 20.1 Å². The van der Waals surface area contributed by atoms with E-state index >= 15 is 4.39 Å². The first-order valence-electron chi connectivity index (χ1n) is 9.85. The van der Waals surface area contributed by atoms with Crippen LogP contribution in [0.1, 0.15) is 44.1 Å². The topological polar surface area (TPSA) is 71.5 Å². The smallest absolute Gasteiger partial charge is 0.162 e. The molecule has 1 fully saturated rings. The summed E-state index contributed by atoms with van der Waals surface area (Å²) in [6, 6.07) is 9.92. The fourth-order valence-electron chi connectivity index (χ4n) is 3.78. The number of aliphatic imine (C=N–C) groups is 1. The van der Waals surface area contributed by atoms with Crippen molar-refractivity contribution < 1.29 is 4.39 Å². The Hall–Kier alpha value is -2.67. The highest BCUT2D eigenvalue weighted by atomic mass is 19.1. The van der Waals surface area contributed by atoms with Gasteiger partial charge in [0.2, 0.25) is 0 Å². The van der Waals surface area contributed by atoms with Gasteiger partial charge in [0, 0.05) is 32.4 Å². The summed E-state index contributed by atoms with van der Waals surface area (Å²) in [5.41, 5.74) is 4.39. The molecule has 0 bridgehead atoms. The Morgan fingerprint density at radius 1 is 1.36 bits per heavy atom. The van der Waals surface area contributed by atoms with Gasteiger partial charge in [-0.25, -0.2) is 19.9 Å². The minimum atomic E-state index is -0.177. The molecule has 0 saturated heterocycles. The van der Waals surface area contributed by atoms with Crippen LogP contribution in [0.25, 0.3) is 5.69 Å². The van der Waals surface area contributed by atoms with E-state index in [1.54, 1.807) is 10.9 Å². The van der Waals surface area contributed by atoms with Gasteiger partial charge in [-0.3, -0.25) is 0 Å². The fourth-order valence-corrected chi connectivity index (χ4v) is 3.78. The van der Waals surface area contributed by atoms with E-state index in [1.165, 1.54) is 25.6 Å². The highest BCUT2D eigenvalue weighted by molar-refractivity contribution is 5.55. The van der Waals surface area contributed by atoms with Gasteiger partial charge in [-0.15, -0.1) is 0 Å². The molecule has 7 heteroatoms. The molecule has 1 aromatic carbocycles. The maximum Gasteiger partial charge on any atom is 0.162 e. The van der Waals surface area contributed by atoms with Crippen LogP contribution in [0.5, 0.6) is 0 Å². The Morgan fingerprint density at radius 3 is 2.89 bits per heavy atom. The Morgan fingerprint density at radius 2 is 2.18 bits per heavy atom. The van der Waals surface area contributed by atoms with Gasteiger partial charge in [-0.05, 0) is 29.7 Å². The SMILES string of the molecule is CN(Cc1cccc(-n2cccn2)c1)C(/N=C\NN)=C(\F)CC1CCCCC1. The Balaban J connectivity index is 1.75. The molecular weight excluding hydrogens is 355 g/mol. The molecule has 6 nitrogen and oxygen atoms in total. The minimum absolute atomic E-state index is 0.177. The number of hydrogen-bond donors (Lipinski definition) is 2. The molecule has 1 aromatic heterocycles. The quantitative estimate of drug-likeness (QED) is 0.313. The third-order valence-corrected chi connectivity index (χ3v) is 5.16. The summed E-state index contributed by atoms with van der Waals surface area (Å²) in [6.07, 6.45) is 11.2. The first-order chi connectivity index (χ1) is 13.7. The van der Waals surface area contributed by atoms with E-state index in [2.05, 4.69) is 15.5 Å². The lowest BCUT2D eigenvalue weighted by atomic mass is 9.86. The number of nitrogens with one attached hydrogen (secondary N) is 1. The highest BCUT2D eigenvalue weighted by Crippen LogP contribution is 2.31. The number of hydrogen-bond acceptors (Lipinski definition) is 4. The number of hydrazine groups is 1. The first kappa shape index (κ1) is 20.1. The number of nitrogens with zero attached hydrogens (tertiary/aromatic N) is 4. The number of rotatable bonds is 8. The summed E-state index contributed by atoms with van der Waals surface area (Å²) in [6.45, 7) is 0.532. The number of nitrogens with two attached hydrogens (primary N) is 1. The second kappa shape index (κ2) is 10.0. The normalized spacial score (nSPS) is 16.2. The molecule has 0 atom stereocenters. The fraction of sp³-hybridized carbons (Fsp3) is 0.429. The zero-order valence-corrected chi connectivity index (χ0v) is 16.4. The predicted molar refractivity (Wildman–Crippen MR) is 110 cm³/mol. The van der Waals surface area contributed by atoms with Gasteiger partial charge in [0.15, 0.2) is 5.82 Å². The van der Waals surface area contributed by atoms with Crippen molar-refractivity contribution in [2.24, 2.45) is 16.8 Å². The Bertz CT molecular complexity index is 793. The van der Waals surface area contributed by atoms with Crippen molar-refractivity contribution in [2.45, 2.75) is 45.1 Å². The van der Waals surface area contributed by atoms with Crippen LogP contribution in [-0.4, -0.2) is 28.1 Å². The molecule has 0 unspecified atom stereocenters. The zero-order valence-electron chi connectivity index (χ0n) is 16.4. The predicted octanol–water partition coefficient (Wildman–Crippen LogP) is 3.90. The molecule has 1 aliphatic carbocycles. The van der Waals surface area contributed by atoms with Crippen molar-refractivity contribution >= 4 is 6.34 Å². The zero-order chi connectivity index (χ0) is 19.8. The largest absolute Gasteiger partial charge is 0.353 e. The monoisotopic (exact) mass is 384 g/mol. The minimum Gasteiger partial charge on any atom is -0.353 e. The van der Waals surface area contributed by atoms with Crippen LogP contribution in [0.15, 0.2) is 59.4 Å². The number of aromatic nitrogens is 2. The standard InChI is InChI=1S/C21H29FN6/c1-27(15-18-9-5-10-19(13-18)28-12-6-11-26-28)21(24-16-25-23)20(22)14-17-7-3-2-4-8-17/h5-6,9-13,16-17H,2-4,7-8,14-15,23H2,1H3,(H,24,25)/b21-20-. The van der Waals surface area contributed by atoms with Crippen LogP contribution in [-0.2, 0) is 6.54 Å². The van der Waals surface area contributed by atoms with Crippen LogP contribution < -0.4 is 11.3 Å². The first-order valence-corrected chi connectivity index (χ1v) is 9.85. The molecule has 0 spiro atoms. The summed E-state index contributed by atoms with van der Waals surface area (Å²) < 4.78 is 16.9. The van der Waals surface area contributed by atoms with Gasteiger partial charge in [-0.2, -0.15) is 5.10 Å². The van der Waals surface area contributed by atoms with Crippen LogP contribution in [0.3, 0.4) is 0 Å². The molecule has 0 aliphatic heterocycles. The second-order valence-electron chi connectivity index (χ2n) is 7.34. The second-order valence-corrected chi connectivity index (χ2v) is 7.34. The van der Waals surface area contributed by atoms with Crippen LogP contribution >= 0.6 is 0 Å². The molecule has 2 aromatic rings. The van der Waals surface area contributed by atoms with Crippen molar-refractivity contribution in [1.29, 1.82) is 0 Å². The van der Waals surface area contributed by atoms with E-state index in [9.17, 15) is 0 Å². The summed E-state index contributed by atoms with van der Waals surface area (Å²) in [5, 5.41) is 4.26. The third kappa shape index (κ3) is 5.42. The van der Waals surface area contributed by atoms with Gasteiger partial charge >= 0.3 is 0 Å². The van der Waals surface area contributed by atoms with E-state index in [0.29, 0.717) is 24.7 Å². The number of benzene rings is 1. The lowest BCUT2D eigenvalue weighted by Gasteiger charge is -2.24. The van der Waals surface area contributed by atoms with Gasteiger partial charge < -0.3 is 10.3 Å². The maximum atomic E-state index is 15.1. The molecule has 1 heterocycles. The average molecular weight is 385 g/mol. The van der Waals surface area contributed by atoms with Crippen LogP contribution in [0.2, 0.25) is 0 Å². The molecule has 3 N–H and O–H groups in total. The highest BCUT2D eigenvalue weighted by Gasteiger charge is 2.19. The lowest BCUT2D eigenvalue weighted by molar-refractivity contribution is 0.318. The van der Waals surface area contributed by atoms with E-state index < -0.39 is 0 Å². The van der Waals surface area contributed by atoms with Crippen LogP contribution in [0, 0.1) is 5.92 Å². The lowest BCUT2D eigenvalue weighted by Crippen LogP contribution is -2.23. The molecule has 1 aliphatic rings. The third-order valence-electron chi connectivity index (χ3n) is 5.16. The van der Waals surface area contributed by atoms with Crippen LogP contribution in [0.4, 0.5) is 4.39 Å². The van der Waals surface area contributed by atoms with E-state index in [0.717, 1.165) is 24.1 Å². The van der Waals surface area contributed by atoms with Gasteiger partial charge in [0.05, 0.1) is 5.69 Å². The van der Waals surface area contributed by atoms with Crippen molar-refractivity contribution in [3.05, 3.63) is 59.9 Å². The molecule has 1 saturated carbocycles. The molecule has 0 radical (unpaired) electrons. The summed E-state index contributed by atoms with van der Waals surface area (Å²) in [7, 11) is 1.85. The van der Waals surface area contributed by atoms with Crippen molar-refractivity contribution in [3.63, 3.8) is 0 Å². The van der Waals surface area contributed by atoms with Crippen molar-refractivity contribution in [3.8, 4) is 5.69 Å².